The zero-order valence-electron chi connectivity index (χ0n) is 29.6. The van der Waals surface area contributed by atoms with Crippen molar-refractivity contribution in [2.24, 2.45) is 5.92 Å². The first-order chi connectivity index (χ1) is 22.0. The number of benzene rings is 1. The Labute approximate surface area is 277 Å². The van der Waals surface area contributed by atoms with Gasteiger partial charge in [-0.3, -0.25) is 0 Å². The molecular weight excluding hydrogens is 563 g/mol. The first-order valence-corrected chi connectivity index (χ1v) is 19.8. The van der Waals surface area contributed by atoms with Crippen LogP contribution < -0.4 is 0 Å². The van der Waals surface area contributed by atoms with Gasteiger partial charge < -0.3 is 4.90 Å². The van der Waals surface area contributed by atoms with Gasteiger partial charge in [0.05, 0.1) is 0 Å². The molecule has 0 spiro atoms. The standard InChI is InChI=1S/C41H72F3N/c1-2-3-4-5-6-13-18-23-35-45(36-24-19-14-8-7-10-15-20-25-38-27-28-38)37-33-40-31-29-39(30-32-40)26-21-16-11-9-12-17-22-34-41(42,43)44/h29-32,38H,2-28,33-37H2,1H3. The molecule has 0 heterocycles. The normalized spacial score (nSPS) is 13.7. The summed E-state index contributed by atoms with van der Waals surface area (Å²) in [5, 5.41) is 0. The topological polar surface area (TPSA) is 3.24 Å². The lowest BCUT2D eigenvalue weighted by atomic mass is 10.0. The Bertz CT molecular complexity index is 770. The van der Waals surface area contributed by atoms with Gasteiger partial charge in [0.25, 0.3) is 0 Å². The van der Waals surface area contributed by atoms with Crippen LogP contribution in [-0.2, 0) is 12.8 Å². The van der Waals surface area contributed by atoms with Crippen molar-refractivity contribution in [3.8, 4) is 0 Å². The number of hydrogen-bond donors (Lipinski definition) is 0. The maximum absolute atomic E-state index is 12.2. The third kappa shape index (κ3) is 25.7. The van der Waals surface area contributed by atoms with Gasteiger partial charge in [-0.1, -0.05) is 172 Å². The van der Waals surface area contributed by atoms with Crippen molar-refractivity contribution in [2.75, 3.05) is 19.6 Å². The van der Waals surface area contributed by atoms with Gasteiger partial charge in [-0.25, -0.2) is 0 Å². The molecule has 4 heteroatoms. The van der Waals surface area contributed by atoms with Gasteiger partial charge in [0.1, 0.15) is 0 Å². The lowest BCUT2D eigenvalue weighted by Crippen LogP contribution is -2.28. The lowest BCUT2D eigenvalue weighted by Gasteiger charge is -2.22. The molecule has 1 aromatic rings. The highest BCUT2D eigenvalue weighted by molar-refractivity contribution is 5.22. The van der Waals surface area contributed by atoms with E-state index in [9.17, 15) is 13.2 Å². The molecule has 1 saturated carbocycles. The highest BCUT2D eigenvalue weighted by Gasteiger charge is 2.25. The minimum atomic E-state index is -3.99. The molecule has 0 bridgehead atoms. The molecule has 0 aromatic heterocycles. The van der Waals surface area contributed by atoms with E-state index in [-0.39, 0.29) is 6.42 Å². The molecule has 262 valence electrons. The van der Waals surface area contributed by atoms with Crippen LogP contribution in [0.3, 0.4) is 0 Å². The minimum absolute atomic E-state index is 0.285. The van der Waals surface area contributed by atoms with Crippen LogP contribution in [0.4, 0.5) is 13.2 Å². The summed E-state index contributed by atoms with van der Waals surface area (Å²) in [5.74, 6) is 1.10. The summed E-state index contributed by atoms with van der Waals surface area (Å²) in [7, 11) is 0. The monoisotopic (exact) mass is 636 g/mol. The van der Waals surface area contributed by atoms with Crippen molar-refractivity contribution in [1.82, 2.24) is 4.90 Å². The van der Waals surface area contributed by atoms with E-state index in [1.165, 1.54) is 166 Å². The van der Waals surface area contributed by atoms with E-state index in [0.717, 1.165) is 38.0 Å². The average molecular weight is 636 g/mol. The van der Waals surface area contributed by atoms with Crippen LogP contribution >= 0.6 is 0 Å². The maximum atomic E-state index is 12.2. The van der Waals surface area contributed by atoms with E-state index in [4.69, 9.17) is 0 Å². The van der Waals surface area contributed by atoms with Crippen LogP contribution in [0.25, 0.3) is 0 Å². The Hall–Kier alpha value is -1.03. The Morgan fingerprint density at radius 1 is 0.511 bits per heavy atom. The van der Waals surface area contributed by atoms with E-state index in [2.05, 4.69) is 36.1 Å². The number of rotatable bonds is 32. The quantitative estimate of drug-likeness (QED) is 0.0712. The number of nitrogens with zero attached hydrogens (tertiary/aromatic N) is 1. The van der Waals surface area contributed by atoms with Crippen molar-refractivity contribution >= 4 is 0 Å². The minimum Gasteiger partial charge on any atom is -0.303 e. The fourth-order valence-electron chi connectivity index (χ4n) is 6.74. The molecule has 2 rings (SSSR count). The van der Waals surface area contributed by atoms with Gasteiger partial charge in [0, 0.05) is 13.0 Å². The predicted molar refractivity (Wildman–Crippen MR) is 190 cm³/mol. The summed E-state index contributed by atoms with van der Waals surface area (Å²) in [6.45, 7) is 6.00. The van der Waals surface area contributed by atoms with Gasteiger partial charge in [-0.2, -0.15) is 13.2 Å². The van der Waals surface area contributed by atoms with Crippen LogP contribution in [0.5, 0.6) is 0 Å². The van der Waals surface area contributed by atoms with E-state index in [0.29, 0.717) is 6.42 Å². The second-order valence-electron chi connectivity index (χ2n) is 14.5. The third-order valence-electron chi connectivity index (χ3n) is 10.0. The zero-order valence-corrected chi connectivity index (χ0v) is 29.6. The largest absolute Gasteiger partial charge is 0.389 e. The van der Waals surface area contributed by atoms with E-state index >= 15 is 0 Å². The fraction of sp³-hybridized carbons (Fsp3) is 0.854. The maximum Gasteiger partial charge on any atom is 0.389 e. The van der Waals surface area contributed by atoms with Crippen molar-refractivity contribution < 1.29 is 13.2 Å². The van der Waals surface area contributed by atoms with Crippen LogP contribution in [-0.4, -0.2) is 30.7 Å². The van der Waals surface area contributed by atoms with Crippen LogP contribution in [0, 0.1) is 5.92 Å². The Balaban J connectivity index is 1.57. The first-order valence-electron chi connectivity index (χ1n) is 19.8. The third-order valence-corrected chi connectivity index (χ3v) is 10.0. The van der Waals surface area contributed by atoms with Gasteiger partial charge in [0.2, 0.25) is 0 Å². The number of unbranched alkanes of at least 4 members (excludes halogenated alkanes) is 20. The Morgan fingerprint density at radius 2 is 0.933 bits per heavy atom. The van der Waals surface area contributed by atoms with Crippen molar-refractivity contribution in [1.29, 1.82) is 0 Å². The van der Waals surface area contributed by atoms with Gasteiger partial charge in [0.15, 0.2) is 0 Å². The van der Waals surface area contributed by atoms with Crippen LogP contribution in [0.15, 0.2) is 24.3 Å². The first kappa shape index (κ1) is 40.1. The molecule has 1 aliphatic carbocycles. The summed E-state index contributed by atoms with van der Waals surface area (Å²) >= 11 is 0. The highest BCUT2D eigenvalue weighted by atomic mass is 19.4. The molecule has 1 aliphatic rings. The second-order valence-corrected chi connectivity index (χ2v) is 14.5. The molecule has 0 amide bonds. The molecule has 1 fully saturated rings. The Morgan fingerprint density at radius 3 is 1.42 bits per heavy atom. The smallest absolute Gasteiger partial charge is 0.303 e. The number of halogens is 3. The average Bonchev–Trinajstić information content (AvgIpc) is 3.85. The van der Waals surface area contributed by atoms with Crippen molar-refractivity contribution in [2.45, 2.75) is 199 Å². The number of hydrogen-bond acceptors (Lipinski definition) is 1. The molecule has 0 N–H and O–H groups in total. The summed E-state index contributed by atoms with van der Waals surface area (Å²) < 4.78 is 36.7. The van der Waals surface area contributed by atoms with E-state index < -0.39 is 12.6 Å². The molecule has 0 radical (unpaired) electrons. The molecule has 1 nitrogen and oxygen atoms in total. The number of alkyl halides is 3. The van der Waals surface area contributed by atoms with Crippen molar-refractivity contribution in [3.63, 3.8) is 0 Å². The van der Waals surface area contributed by atoms with Gasteiger partial charge >= 0.3 is 6.18 Å². The van der Waals surface area contributed by atoms with Gasteiger partial charge in [-0.05, 0) is 68.7 Å². The lowest BCUT2D eigenvalue weighted by molar-refractivity contribution is -0.135. The molecule has 0 unspecified atom stereocenters. The Kier molecular flexibility index (Phi) is 24.1. The van der Waals surface area contributed by atoms with Crippen LogP contribution in [0.1, 0.15) is 191 Å². The molecule has 0 aliphatic heterocycles. The molecule has 0 saturated heterocycles. The summed E-state index contributed by atoms with van der Waals surface area (Å²) in [6.07, 6.45) is 31.2. The van der Waals surface area contributed by atoms with E-state index in [1.807, 2.05) is 0 Å². The van der Waals surface area contributed by atoms with Gasteiger partial charge in [-0.15, -0.1) is 0 Å². The molecular formula is C41H72F3N. The van der Waals surface area contributed by atoms with E-state index in [1.54, 1.807) is 0 Å². The highest BCUT2D eigenvalue weighted by Crippen LogP contribution is 2.34. The second kappa shape index (κ2) is 27.0. The van der Waals surface area contributed by atoms with Crippen LogP contribution in [0.2, 0.25) is 0 Å². The molecule has 45 heavy (non-hydrogen) atoms. The molecule has 1 aromatic carbocycles. The zero-order chi connectivity index (χ0) is 32.3. The summed E-state index contributed by atoms with van der Waals surface area (Å²) in [5.41, 5.74) is 2.88. The van der Waals surface area contributed by atoms with Crippen molar-refractivity contribution in [3.05, 3.63) is 35.4 Å². The predicted octanol–water partition coefficient (Wildman–Crippen LogP) is 13.8. The fourth-order valence-corrected chi connectivity index (χ4v) is 6.74. The summed E-state index contributed by atoms with van der Waals surface area (Å²) in [6, 6.07) is 9.33. The molecule has 0 atom stereocenters. The SMILES string of the molecule is CCCCCCCCCCN(CCCCCCCCCCC1CC1)CCc1ccc(CCCCCCCCCC(F)(F)F)cc1. The number of aryl methyl sites for hydroxylation is 1. The summed E-state index contributed by atoms with van der Waals surface area (Å²) in [4.78, 5) is 2.76.